The van der Waals surface area contributed by atoms with Crippen LogP contribution >= 0.6 is 0 Å². The molecule has 1 heterocycles. The molecule has 0 aromatic heterocycles. The van der Waals surface area contributed by atoms with E-state index in [4.69, 9.17) is 0 Å². The molecule has 0 fully saturated rings. The number of aliphatic carboxylic acids is 1. The van der Waals surface area contributed by atoms with Gasteiger partial charge in [0.1, 0.15) is 6.04 Å². The third kappa shape index (κ3) is 4.49. The third-order valence-electron chi connectivity index (χ3n) is 5.68. The molecule has 0 saturated heterocycles. The molecule has 32 heavy (non-hydrogen) atoms. The van der Waals surface area contributed by atoms with Crippen molar-refractivity contribution in [2.75, 3.05) is 23.3 Å². The Hall–Kier alpha value is -3.68. The molecule has 168 valence electrons. The number of aryl methyl sites for hydroxylation is 1. The van der Waals surface area contributed by atoms with Crippen LogP contribution in [0.2, 0.25) is 0 Å². The van der Waals surface area contributed by atoms with E-state index in [1.165, 1.54) is 12.1 Å². The van der Waals surface area contributed by atoms with Crippen LogP contribution in [-0.4, -0.2) is 52.8 Å². The maximum atomic E-state index is 12.6. The van der Waals surface area contributed by atoms with Crippen LogP contribution in [0, 0.1) is 6.92 Å². The first kappa shape index (κ1) is 23.0. The SMILES string of the molecule is CCN(CC)c1ccc(NC(=O)CC[C@@H](C(=O)O)N2C(=O)c3ccccc3C2=O)c(C)c1. The van der Waals surface area contributed by atoms with E-state index < -0.39 is 23.8 Å². The summed E-state index contributed by atoms with van der Waals surface area (Å²) >= 11 is 0. The first-order chi connectivity index (χ1) is 15.3. The summed E-state index contributed by atoms with van der Waals surface area (Å²) in [6, 6.07) is 10.5. The first-order valence-electron chi connectivity index (χ1n) is 10.6. The van der Waals surface area contributed by atoms with E-state index >= 15 is 0 Å². The number of fused-ring (bicyclic) bond motifs is 1. The standard InChI is InChI=1S/C24H27N3O5/c1-4-26(5-2)16-10-11-19(15(3)14-16)25-21(28)13-12-20(24(31)32)27-22(29)17-8-6-7-9-18(17)23(27)30/h6-11,14,20H,4-5,12-13H2,1-3H3,(H,25,28)(H,31,32)/t20-/m0/s1. The lowest BCUT2D eigenvalue weighted by molar-refractivity contribution is -0.141. The summed E-state index contributed by atoms with van der Waals surface area (Å²) in [7, 11) is 0. The Kier molecular flexibility index (Phi) is 6.92. The molecule has 0 bridgehead atoms. The van der Waals surface area contributed by atoms with Crippen LogP contribution in [0.3, 0.4) is 0 Å². The average Bonchev–Trinajstić information content (AvgIpc) is 3.02. The van der Waals surface area contributed by atoms with Crippen molar-refractivity contribution in [2.24, 2.45) is 0 Å². The number of carboxylic acid groups (broad SMARTS) is 1. The third-order valence-corrected chi connectivity index (χ3v) is 5.68. The molecule has 3 rings (SSSR count). The van der Waals surface area contributed by atoms with Gasteiger partial charge < -0.3 is 15.3 Å². The van der Waals surface area contributed by atoms with E-state index in [0.717, 1.165) is 29.2 Å². The highest BCUT2D eigenvalue weighted by molar-refractivity contribution is 6.22. The van der Waals surface area contributed by atoms with E-state index in [1.807, 2.05) is 25.1 Å². The number of nitrogens with one attached hydrogen (secondary N) is 1. The highest BCUT2D eigenvalue weighted by atomic mass is 16.4. The summed E-state index contributed by atoms with van der Waals surface area (Å²) in [5, 5.41) is 12.4. The zero-order chi connectivity index (χ0) is 23.4. The summed E-state index contributed by atoms with van der Waals surface area (Å²) < 4.78 is 0. The van der Waals surface area contributed by atoms with E-state index in [-0.39, 0.29) is 29.9 Å². The molecular weight excluding hydrogens is 410 g/mol. The predicted molar refractivity (Wildman–Crippen MR) is 121 cm³/mol. The Labute approximate surface area is 186 Å². The van der Waals surface area contributed by atoms with Gasteiger partial charge in [-0.05, 0) is 63.1 Å². The van der Waals surface area contributed by atoms with Crippen LogP contribution in [0.1, 0.15) is 53.0 Å². The molecule has 1 aliphatic rings. The van der Waals surface area contributed by atoms with Crippen molar-refractivity contribution in [3.63, 3.8) is 0 Å². The van der Waals surface area contributed by atoms with Crippen molar-refractivity contribution in [2.45, 2.75) is 39.7 Å². The Morgan fingerprint density at radius 2 is 1.62 bits per heavy atom. The Bertz CT molecular complexity index is 1030. The minimum Gasteiger partial charge on any atom is -0.480 e. The summed E-state index contributed by atoms with van der Waals surface area (Å²) in [6.45, 7) is 7.77. The second kappa shape index (κ2) is 9.64. The van der Waals surface area contributed by atoms with Crippen molar-refractivity contribution in [1.29, 1.82) is 0 Å². The van der Waals surface area contributed by atoms with Gasteiger partial charge in [0.2, 0.25) is 5.91 Å². The van der Waals surface area contributed by atoms with Crippen molar-refractivity contribution < 1.29 is 24.3 Å². The molecular formula is C24H27N3O5. The highest BCUT2D eigenvalue weighted by Gasteiger charge is 2.42. The Morgan fingerprint density at radius 1 is 1.03 bits per heavy atom. The molecule has 8 heteroatoms. The number of hydrogen-bond donors (Lipinski definition) is 2. The smallest absolute Gasteiger partial charge is 0.326 e. The minimum absolute atomic E-state index is 0.151. The normalized spacial score (nSPS) is 13.7. The number of carbonyl (C=O) groups excluding carboxylic acids is 3. The molecule has 2 aromatic rings. The topological polar surface area (TPSA) is 107 Å². The summed E-state index contributed by atoms with van der Waals surface area (Å²) in [5.41, 5.74) is 2.94. The van der Waals surface area contributed by atoms with E-state index in [1.54, 1.807) is 12.1 Å². The largest absolute Gasteiger partial charge is 0.480 e. The second-order valence-electron chi connectivity index (χ2n) is 7.64. The highest BCUT2D eigenvalue weighted by Crippen LogP contribution is 2.27. The van der Waals surface area contributed by atoms with Gasteiger partial charge in [-0.2, -0.15) is 0 Å². The fourth-order valence-corrected chi connectivity index (χ4v) is 3.91. The molecule has 2 N–H and O–H groups in total. The molecule has 0 radical (unpaired) electrons. The molecule has 1 aliphatic heterocycles. The summed E-state index contributed by atoms with van der Waals surface area (Å²) in [6.07, 6.45) is -0.329. The van der Waals surface area contributed by atoms with Gasteiger partial charge in [-0.3, -0.25) is 19.3 Å². The van der Waals surface area contributed by atoms with Gasteiger partial charge in [-0.25, -0.2) is 4.79 Å². The van der Waals surface area contributed by atoms with Gasteiger partial charge in [0.15, 0.2) is 0 Å². The molecule has 1 atom stereocenters. The lowest BCUT2D eigenvalue weighted by Gasteiger charge is -2.23. The molecule has 0 spiro atoms. The van der Waals surface area contributed by atoms with Crippen LogP contribution < -0.4 is 10.2 Å². The van der Waals surface area contributed by atoms with E-state index in [2.05, 4.69) is 24.1 Å². The van der Waals surface area contributed by atoms with Crippen molar-refractivity contribution in [3.05, 3.63) is 59.2 Å². The summed E-state index contributed by atoms with van der Waals surface area (Å²) in [4.78, 5) is 52.5. The number of amides is 3. The molecule has 8 nitrogen and oxygen atoms in total. The zero-order valence-electron chi connectivity index (χ0n) is 18.4. The van der Waals surface area contributed by atoms with E-state index in [0.29, 0.717) is 5.69 Å². The number of hydrogen-bond acceptors (Lipinski definition) is 5. The van der Waals surface area contributed by atoms with E-state index in [9.17, 15) is 24.3 Å². The molecule has 0 saturated carbocycles. The summed E-state index contributed by atoms with van der Waals surface area (Å²) in [5.74, 6) is -3.01. The van der Waals surface area contributed by atoms with Gasteiger partial charge in [0, 0.05) is 30.9 Å². The molecule has 3 amide bonds. The number of nitrogens with zero attached hydrogens (tertiary/aromatic N) is 2. The number of imide groups is 1. The second-order valence-corrected chi connectivity index (χ2v) is 7.64. The van der Waals surface area contributed by atoms with Crippen LogP contribution in [-0.2, 0) is 9.59 Å². The Balaban J connectivity index is 1.67. The molecule has 0 aliphatic carbocycles. The number of rotatable bonds is 9. The van der Waals surface area contributed by atoms with Crippen molar-refractivity contribution in [3.8, 4) is 0 Å². The quantitative estimate of drug-likeness (QED) is 0.583. The van der Waals surface area contributed by atoms with Crippen LogP contribution in [0.5, 0.6) is 0 Å². The van der Waals surface area contributed by atoms with Gasteiger partial charge in [0.05, 0.1) is 11.1 Å². The monoisotopic (exact) mass is 437 g/mol. The lowest BCUT2D eigenvalue weighted by Crippen LogP contribution is -2.45. The maximum Gasteiger partial charge on any atom is 0.326 e. The van der Waals surface area contributed by atoms with Crippen molar-refractivity contribution in [1.82, 2.24) is 4.90 Å². The van der Waals surface area contributed by atoms with Gasteiger partial charge in [0.25, 0.3) is 11.8 Å². The van der Waals surface area contributed by atoms with Crippen LogP contribution in [0.25, 0.3) is 0 Å². The fourth-order valence-electron chi connectivity index (χ4n) is 3.91. The van der Waals surface area contributed by atoms with Crippen LogP contribution in [0.4, 0.5) is 11.4 Å². The molecule has 2 aromatic carbocycles. The average molecular weight is 437 g/mol. The van der Waals surface area contributed by atoms with Crippen molar-refractivity contribution >= 4 is 35.1 Å². The zero-order valence-corrected chi connectivity index (χ0v) is 18.4. The number of anilines is 2. The lowest BCUT2D eigenvalue weighted by atomic mass is 10.1. The molecule has 0 unspecified atom stereocenters. The maximum absolute atomic E-state index is 12.6. The van der Waals surface area contributed by atoms with Gasteiger partial charge >= 0.3 is 5.97 Å². The minimum atomic E-state index is -1.42. The predicted octanol–water partition coefficient (Wildman–Crippen LogP) is 3.31. The Morgan fingerprint density at radius 3 is 2.12 bits per heavy atom. The number of benzene rings is 2. The first-order valence-corrected chi connectivity index (χ1v) is 10.6. The van der Waals surface area contributed by atoms with Crippen LogP contribution in [0.15, 0.2) is 42.5 Å². The van der Waals surface area contributed by atoms with Gasteiger partial charge in [-0.15, -0.1) is 0 Å². The fraction of sp³-hybridized carbons (Fsp3) is 0.333. The number of carboxylic acids is 1. The van der Waals surface area contributed by atoms with Gasteiger partial charge in [-0.1, -0.05) is 12.1 Å². The number of carbonyl (C=O) groups is 4.